The van der Waals surface area contributed by atoms with E-state index in [0.29, 0.717) is 45.3 Å². The Morgan fingerprint density at radius 2 is 1.80 bits per heavy atom. The summed E-state index contributed by atoms with van der Waals surface area (Å²) in [6, 6.07) is 1.22. The Labute approximate surface area is 243 Å². The molecule has 41 heavy (non-hydrogen) atoms. The number of aliphatic carboxylic acids is 2. The van der Waals surface area contributed by atoms with Gasteiger partial charge < -0.3 is 50.3 Å². The van der Waals surface area contributed by atoms with Gasteiger partial charge in [0.2, 0.25) is 16.8 Å². The second kappa shape index (κ2) is 21.3. The van der Waals surface area contributed by atoms with E-state index in [1.54, 1.807) is 12.1 Å². The van der Waals surface area contributed by atoms with Crippen LogP contribution in [-0.2, 0) is 39.9 Å². The highest BCUT2D eigenvalue weighted by molar-refractivity contribution is 7.99. The van der Waals surface area contributed by atoms with Crippen LogP contribution in [0.1, 0.15) is 19.8 Å². The summed E-state index contributed by atoms with van der Waals surface area (Å²) in [7, 11) is 0. The second-order valence-electron chi connectivity index (χ2n) is 8.32. The standard InChI is InChI=1S/C26H38N4O10S/c1-3-9-37-10-11-38-12-13-39-14-15-40-19-7-8-30(4-2)23(16-19)41-18-21(25(34)28-17-24(32)33)29-22(31)6-5-20(27)26(35)36/h1,7-8,16,20-21H,4-6,9-15,17-18,27H2,2H3,(H3-,28,29,31,32,33,34,35,36)/t20-,21-/m0/s1. The number of thioether (sulfide) groups is 1. The largest absolute Gasteiger partial charge is 0.548 e. The van der Waals surface area contributed by atoms with Gasteiger partial charge in [-0.3, -0.25) is 14.4 Å². The van der Waals surface area contributed by atoms with Crippen molar-refractivity contribution >= 4 is 35.5 Å². The fourth-order valence-corrected chi connectivity index (χ4v) is 4.19. The van der Waals surface area contributed by atoms with Crippen molar-refractivity contribution in [1.82, 2.24) is 10.6 Å². The summed E-state index contributed by atoms with van der Waals surface area (Å²) in [6.07, 6.45) is 6.54. The highest BCUT2D eigenvalue weighted by Gasteiger charge is 2.24. The average Bonchev–Trinajstić information content (AvgIpc) is 2.95. The number of carboxylic acids is 2. The van der Waals surface area contributed by atoms with Gasteiger partial charge in [0.25, 0.3) is 0 Å². The van der Waals surface area contributed by atoms with Crippen molar-refractivity contribution in [3.8, 4) is 18.1 Å². The van der Waals surface area contributed by atoms with Crippen LogP contribution in [0, 0.1) is 12.3 Å². The van der Waals surface area contributed by atoms with Crippen LogP contribution in [0.15, 0.2) is 23.4 Å². The summed E-state index contributed by atoms with van der Waals surface area (Å²) in [5, 5.41) is 25.1. The zero-order chi connectivity index (χ0) is 30.5. The Morgan fingerprint density at radius 1 is 1.15 bits per heavy atom. The molecule has 228 valence electrons. The van der Waals surface area contributed by atoms with Gasteiger partial charge in [0, 0.05) is 18.2 Å². The van der Waals surface area contributed by atoms with Crippen LogP contribution in [-0.4, -0.2) is 99.5 Å². The Balaban J connectivity index is 2.64. The molecule has 2 atom stereocenters. The van der Waals surface area contributed by atoms with E-state index >= 15 is 0 Å². The molecule has 0 unspecified atom stereocenters. The summed E-state index contributed by atoms with van der Waals surface area (Å²) in [5.74, 6) is -1.08. The molecule has 0 aromatic carbocycles. The fourth-order valence-electron chi connectivity index (χ4n) is 3.07. The maximum atomic E-state index is 12.6. The first-order valence-electron chi connectivity index (χ1n) is 12.9. The van der Waals surface area contributed by atoms with Crippen LogP contribution in [0.25, 0.3) is 0 Å². The summed E-state index contributed by atoms with van der Waals surface area (Å²) in [6.45, 7) is 4.31. The number of nitrogens with two attached hydrogens (primary N) is 1. The molecule has 0 aliphatic rings. The molecule has 0 bridgehead atoms. The number of nitrogens with one attached hydrogen (secondary N) is 2. The number of hydrogen-bond acceptors (Lipinski definition) is 11. The van der Waals surface area contributed by atoms with Crippen LogP contribution < -0.4 is 30.8 Å². The fraction of sp³-hybridized carbons (Fsp3) is 0.577. The van der Waals surface area contributed by atoms with Crippen LogP contribution in [0.3, 0.4) is 0 Å². The zero-order valence-electron chi connectivity index (χ0n) is 23.0. The highest BCUT2D eigenvalue weighted by Crippen LogP contribution is 2.20. The molecule has 14 nitrogen and oxygen atoms in total. The van der Waals surface area contributed by atoms with E-state index in [0.717, 1.165) is 5.03 Å². The van der Waals surface area contributed by atoms with Gasteiger partial charge in [0.05, 0.1) is 51.6 Å². The van der Waals surface area contributed by atoms with Crippen LogP contribution in [0.4, 0.5) is 0 Å². The van der Waals surface area contributed by atoms with Gasteiger partial charge in [0.1, 0.15) is 37.6 Å². The Morgan fingerprint density at radius 3 is 2.41 bits per heavy atom. The number of terminal acetylenes is 1. The van der Waals surface area contributed by atoms with Gasteiger partial charge >= 0.3 is 5.97 Å². The summed E-state index contributed by atoms with van der Waals surface area (Å²) >= 11 is 1.24. The van der Waals surface area contributed by atoms with E-state index in [2.05, 4.69) is 16.6 Å². The van der Waals surface area contributed by atoms with Gasteiger partial charge in [-0.05, 0) is 13.3 Å². The van der Waals surface area contributed by atoms with Crippen molar-refractivity contribution in [3.63, 3.8) is 0 Å². The molecule has 1 rings (SSSR count). The lowest BCUT2D eigenvalue weighted by Crippen LogP contribution is -2.51. The number of pyridine rings is 1. The number of aromatic nitrogens is 1. The van der Waals surface area contributed by atoms with Gasteiger partial charge in [-0.1, -0.05) is 17.7 Å². The number of amides is 2. The molecule has 1 aromatic rings. The monoisotopic (exact) mass is 598 g/mol. The lowest BCUT2D eigenvalue weighted by molar-refractivity contribution is -0.729. The first-order valence-corrected chi connectivity index (χ1v) is 13.9. The number of ether oxygens (including phenoxy) is 4. The minimum atomic E-state index is -1.49. The minimum absolute atomic E-state index is 0.0515. The molecule has 0 fully saturated rings. The van der Waals surface area contributed by atoms with E-state index in [9.17, 15) is 24.3 Å². The second-order valence-corrected chi connectivity index (χ2v) is 9.36. The van der Waals surface area contributed by atoms with E-state index in [-0.39, 0.29) is 31.8 Å². The number of rotatable bonds is 23. The number of aryl methyl sites for hydroxylation is 1. The molecule has 0 saturated heterocycles. The Hall–Kier alpha value is -3.42. The predicted molar refractivity (Wildman–Crippen MR) is 145 cm³/mol. The molecular weight excluding hydrogens is 560 g/mol. The lowest BCUT2D eigenvalue weighted by atomic mass is 10.1. The summed E-state index contributed by atoms with van der Waals surface area (Å²) in [4.78, 5) is 46.6. The van der Waals surface area contributed by atoms with E-state index < -0.39 is 42.4 Å². The Kier molecular flexibility index (Phi) is 18.5. The highest BCUT2D eigenvalue weighted by atomic mass is 32.2. The van der Waals surface area contributed by atoms with Gasteiger partial charge in [-0.2, -0.15) is 4.57 Å². The smallest absolute Gasteiger partial charge is 0.320 e. The number of carboxylic acid groups (broad SMARTS) is 2. The maximum absolute atomic E-state index is 12.6. The van der Waals surface area contributed by atoms with Gasteiger partial charge in [-0.25, -0.2) is 0 Å². The molecule has 2 amide bonds. The number of nitrogens with zero attached hydrogens (tertiary/aromatic N) is 1. The topological polar surface area (TPSA) is 202 Å². The molecule has 5 N–H and O–H groups in total. The third-order valence-electron chi connectivity index (χ3n) is 5.19. The third-order valence-corrected chi connectivity index (χ3v) is 6.34. The van der Waals surface area contributed by atoms with Crippen molar-refractivity contribution in [3.05, 3.63) is 18.3 Å². The minimum Gasteiger partial charge on any atom is -0.548 e. The number of carbonyl (C=O) groups is 4. The molecule has 0 aliphatic carbocycles. The zero-order valence-corrected chi connectivity index (χ0v) is 23.8. The Bertz CT molecular complexity index is 1020. The number of carbonyl (C=O) groups excluding carboxylic acids is 3. The third kappa shape index (κ3) is 16.4. The molecule has 0 aliphatic heterocycles. The summed E-state index contributed by atoms with van der Waals surface area (Å²) in [5.41, 5.74) is 5.43. The lowest BCUT2D eigenvalue weighted by Gasteiger charge is -2.18. The first-order chi connectivity index (χ1) is 19.7. The quantitative estimate of drug-likeness (QED) is 0.0454. The van der Waals surface area contributed by atoms with E-state index in [1.807, 2.05) is 17.7 Å². The van der Waals surface area contributed by atoms with Crippen molar-refractivity contribution in [1.29, 1.82) is 0 Å². The SMILES string of the molecule is C#CCOCCOCCOCCOc1cc[n+](CC)c(SC[C@H](NC(=O)CC[C@H](N)C(=O)O)C(=O)NCC(=O)[O-])c1. The van der Waals surface area contributed by atoms with Crippen molar-refractivity contribution in [2.24, 2.45) is 5.73 Å². The van der Waals surface area contributed by atoms with Crippen molar-refractivity contribution in [2.75, 3.05) is 58.5 Å². The molecular formula is C26H38N4O10S. The van der Waals surface area contributed by atoms with Crippen LogP contribution in [0.2, 0.25) is 0 Å². The predicted octanol–water partition coefficient (Wildman–Crippen LogP) is -2.31. The summed E-state index contributed by atoms with van der Waals surface area (Å²) < 4.78 is 23.6. The van der Waals surface area contributed by atoms with E-state index in [1.165, 1.54) is 11.8 Å². The molecule has 0 saturated carbocycles. The molecule has 0 radical (unpaired) electrons. The molecule has 1 heterocycles. The molecule has 1 aromatic heterocycles. The first kappa shape index (κ1) is 35.6. The molecule has 15 heteroatoms. The van der Waals surface area contributed by atoms with E-state index in [4.69, 9.17) is 36.2 Å². The normalized spacial score (nSPS) is 12.1. The maximum Gasteiger partial charge on any atom is 0.320 e. The average molecular weight is 599 g/mol. The van der Waals surface area contributed by atoms with Crippen molar-refractivity contribution in [2.45, 2.75) is 43.4 Å². The van der Waals surface area contributed by atoms with Gasteiger partial charge in [-0.15, -0.1) is 6.42 Å². The van der Waals surface area contributed by atoms with Crippen LogP contribution in [0.5, 0.6) is 5.75 Å². The molecule has 0 spiro atoms. The van der Waals surface area contributed by atoms with Crippen molar-refractivity contribution < 1.29 is 52.9 Å². The van der Waals surface area contributed by atoms with Crippen LogP contribution >= 0.6 is 11.8 Å². The van der Waals surface area contributed by atoms with Gasteiger partial charge in [0.15, 0.2) is 6.20 Å². The number of hydrogen-bond donors (Lipinski definition) is 4.